The summed E-state index contributed by atoms with van der Waals surface area (Å²) in [6.45, 7) is 4.98. The number of phenols is 2. The summed E-state index contributed by atoms with van der Waals surface area (Å²) >= 11 is 0. The maximum Gasteiger partial charge on any atom is 0.226 e. The van der Waals surface area contributed by atoms with E-state index in [1.165, 1.54) is 12.1 Å². The Labute approximate surface area is 210 Å². The predicted octanol–water partition coefficient (Wildman–Crippen LogP) is 2.97. The summed E-state index contributed by atoms with van der Waals surface area (Å²) < 4.78 is 0. The number of fused-ring (bicyclic) bond motifs is 2. The molecule has 36 heavy (non-hydrogen) atoms. The minimum absolute atomic E-state index is 0.0415. The number of aldehydes is 1. The first-order valence-electron chi connectivity index (χ1n) is 12.2. The Morgan fingerprint density at radius 3 is 2.42 bits per heavy atom. The van der Waals surface area contributed by atoms with Gasteiger partial charge in [0.1, 0.15) is 11.5 Å². The minimum atomic E-state index is -0.780. The maximum absolute atomic E-state index is 13.0. The van der Waals surface area contributed by atoms with Gasteiger partial charge in [0, 0.05) is 64.7 Å². The third kappa shape index (κ3) is 5.09. The number of carbonyl (C=O) groups excluding carboxylic acids is 2. The molecule has 0 aromatic heterocycles. The van der Waals surface area contributed by atoms with Gasteiger partial charge in [0.15, 0.2) is 6.29 Å². The second kappa shape index (κ2) is 10.7. The summed E-state index contributed by atoms with van der Waals surface area (Å²) in [5, 5.41) is 39.5. The standard InChI is InChI=1S/C27H34N4O5/c1-16(30(2)3)29-20-4-5-21(28-10-13-31-11-8-17(33)9-12-31)25-18(20)14-19-22(34)6-7-23(35)26(19)27(25)24(36)15-32/h4-7,14-17,28-29,33-35H,8-13H2,1-3H3. The fourth-order valence-corrected chi connectivity index (χ4v) is 4.74. The van der Waals surface area contributed by atoms with Crippen molar-refractivity contribution in [2.45, 2.75) is 32.0 Å². The van der Waals surface area contributed by atoms with Crippen LogP contribution in [0.1, 0.15) is 30.1 Å². The number of likely N-dealkylation sites (tertiary alicyclic amines) is 1. The topological polar surface area (TPSA) is 125 Å². The van der Waals surface area contributed by atoms with E-state index in [4.69, 9.17) is 0 Å². The van der Waals surface area contributed by atoms with Crippen LogP contribution in [0.5, 0.6) is 11.5 Å². The van der Waals surface area contributed by atoms with E-state index >= 15 is 0 Å². The zero-order chi connectivity index (χ0) is 26.0. The number of carbonyl (C=O) groups is 2. The highest BCUT2D eigenvalue weighted by Gasteiger charge is 2.23. The van der Waals surface area contributed by atoms with E-state index in [2.05, 4.69) is 15.5 Å². The number of nitrogens with zero attached hydrogens (tertiary/aromatic N) is 2. The van der Waals surface area contributed by atoms with Gasteiger partial charge in [0.2, 0.25) is 5.78 Å². The van der Waals surface area contributed by atoms with Crippen LogP contribution in [0, 0.1) is 0 Å². The molecular formula is C27H34N4O5. The number of aliphatic hydroxyl groups is 1. The van der Waals surface area contributed by atoms with Gasteiger partial charge in [0.05, 0.1) is 12.3 Å². The molecule has 0 amide bonds. The number of hydrogen-bond donors (Lipinski definition) is 5. The van der Waals surface area contributed by atoms with E-state index < -0.39 is 5.78 Å². The number of nitrogens with one attached hydrogen (secondary N) is 2. The lowest BCUT2D eigenvalue weighted by atomic mass is 9.91. The fourth-order valence-electron chi connectivity index (χ4n) is 4.74. The monoisotopic (exact) mass is 494 g/mol. The molecule has 0 saturated carbocycles. The lowest BCUT2D eigenvalue weighted by molar-refractivity contribution is -0.104. The van der Waals surface area contributed by atoms with E-state index in [1.54, 1.807) is 6.07 Å². The number of rotatable bonds is 9. The normalized spacial score (nSPS) is 15.9. The van der Waals surface area contributed by atoms with Crippen LogP contribution < -0.4 is 10.6 Å². The summed E-state index contributed by atoms with van der Waals surface area (Å²) in [5.41, 5.74) is 1.43. The van der Waals surface area contributed by atoms with Crippen LogP contribution in [0.15, 0.2) is 30.3 Å². The van der Waals surface area contributed by atoms with Crippen LogP contribution in [0.2, 0.25) is 0 Å². The lowest BCUT2D eigenvalue weighted by Crippen LogP contribution is -2.38. The van der Waals surface area contributed by atoms with Crippen LogP contribution in [0.25, 0.3) is 21.5 Å². The Balaban J connectivity index is 1.86. The van der Waals surface area contributed by atoms with Crippen molar-refractivity contribution in [3.8, 4) is 11.5 Å². The molecule has 9 heteroatoms. The van der Waals surface area contributed by atoms with Gasteiger partial charge in [-0.1, -0.05) is 0 Å². The molecule has 1 heterocycles. The molecule has 1 aliphatic rings. The molecule has 9 nitrogen and oxygen atoms in total. The van der Waals surface area contributed by atoms with Crippen molar-refractivity contribution in [1.82, 2.24) is 9.80 Å². The van der Waals surface area contributed by atoms with Crippen LogP contribution >= 0.6 is 0 Å². The van der Waals surface area contributed by atoms with Gasteiger partial charge in [0.25, 0.3) is 0 Å². The highest BCUT2D eigenvalue weighted by atomic mass is 16.3. The second-order valence-electron chi connectivity index (χ2n) is 9.63. The Morgan fingerprint density at radius 1 is 1.08 bits per heavy atom. The third-order valence-corrected chi connectivity index (χ3v) is 7.03. The number of anilines is 2. The molecule has 3 aromatic rings. The first-order valence-corrected chi connectivity index (χ1v) is 12.2. The van der Waals surface area contributed by atoms with Gasteiger partial charge < -0.3 is 30.9 Å². The summed E-state index contributed by atoms with van der Waals surface area (Å²) in [5.74, 6) is -1.06. The minimum Gasteiger partial charge on any atom is -0.507 e. The second-order valence-corrected chi connectivity index (χ2v) is 9.63. The Hall–Kier alpha value is -3.40. The van der Waals surface area contributed by atoms with Crippen molar-refractivity contribution in [2.75, 3.05) is 50.9 Å². The number of benzene rings is 3. The van der Waals surface area contributed by atoms with Crippen LogP contribution in [-0.2, 0) is 4.79 Å². The molecular weight excluding hydrogens is 460 g/mol. The zero-order valence-corrected chi connectivity index (χ0v) is 20.9. The summed E-state index contributed by atoms with van der Waals surface area (Å²) in [6.07, 6.45) is 1.46. The summed E-state index contributed by atoms with van der Waals surface area (Å²) in [4.78, 5) is 29.0. The van der Waals surface area contributed by atoms with Gasteiger partial charge in [-0.3, -0.25) is 14.5 Å². The first kappa shape index (κ1) is 25.7. The number of phenolic OH excluding ortho intramolecular Hbond substituents is 2. The fraction of sp³-hybridized carbons (Fsp3) is 0.407. The lowest BCUT2D eigenvalue weighted by Gasteiger charge is -2.29. The van der Waals surface area contributed by atoms with Crippen molar-refractivity contribution in [3.05, 3.63) is 35.9 Å². The van der Waals surface area contributed by atoms with Crippen molar-refractivity contribution < 1.29 is 24.9 Å². The Kier molecular flexibility index (Phi) is 7.63. The summed E-state index contributed by atoms with van der Waals surface area (Å²) in [6, 6.07) is 8.19. The number of ketones is 1. The molecule has 1 unspecified atom stereocenters. The van der Waals surface area contributed by atoms with Gasteiger partial charge in [-0.2, -0.15) is 0 Å². The van der Waals surface area contributed by atoms with Crippen molar-refractivity contribution in [2.24, 2.45) is 0 Å². The van der Waals surface area contributed by atoms with Gasteiger partial charge in [-0.05, 0) is 64.2 Å². The highest BCUT2D eigenvalue weighted by molar-refractivity contribution is 6.41. The highest BCUT2D eigenvalue weighted by Crippen LogP contribution is 2.43. The van der Waals surface area contributed by atoms with Crippen molar-refractivity contribution >= 4 is 45.0 Å². The zero-order valence-electron chi connectivity index (χ0n) is 20.9. The third-order valence-electron chi connectivity index (χ3n) is 7.03. The average Bonchev–Trinajstić information content (AvgIpc) is 2.86. The number of aliphatic hydroxyl groups excluding tert-OH is 1. The SMILES string of the molecule is CC(Nc1ccc(NCCN2CCC(O)CC2)c2c(C(=O)C=O)c3c(O)ccc(O)c3cc12)N(C)C. The first-order chi connectivity index (χ1) is 17.2. The average molecular weight is 495 g/mol. The molecule has 4 rings (SSSR count). The molecule has 0 aliphatic carbocycles. The van der Waals surface area contributed by atoms with Crippen LogP contribution in [0.4, 0.5) is 11.4 Å². The smallest absolute Gasteiger partial charge is 0.226 e. The summed E-state index contributed by atoms with van der Waals surface area (Å²) in [7, 11) is 3.88. The van der Waals surface area contributed by atoms with E-state index in [9.17, 15) is 24.9 Å². The van der Waals surface area contributed by atoms with E-state index in [0.29, 0.717) is 23.0 Å². The largest absolute Gasteiger partial charge is 0.507 e. The van der Waals surface area contributed by atoms with E-state index in [-0.39, 0.29) is 46.4 Å². The Bertz CT molecular complexity index is 1280. The van der Waals surface area contributed by atoms with Gasteiger partial charge in [-0.15, -0.1) is 0 Å². The molecule has 5 N–H and O–H groups in total. The molecule has 1 saturated heterocycles. The maximum atomic E-state index is 13.0. The number of aromatic hydroxyl groups is 2. The van der Waals surface area contributed by atoms with Crippen molar-refractivity contribution in [3.63, 3.8) is 0 Å². The molecule has 192 valence electrons. The number of hydrogen-bond acceptors (Lipinski definition) is 9. The number of piperidine rings is 1. The van der Waals surface area contributed by atoms with Gasteiger partial charge in [-0.25, -0.2) is 0 Å². The van der Waals surface area contributed by atoms with Crippen LogP contribution in [-0.4, -0.2) is 89.7 Å². The predicted molar refractivity (Wildman–Crippen MR) is 142 cm³/mol. The van der Waals surface area contributed by atoms with Crippen LogP contribution in [0.3, 0.4) is 0 Å². The Morgan fingerprint density at radius 2 is 1.75 bits per heavy atom. The number of Topliss-reactive ketones (excluding diaryl/α,β-unsaturated/α-hetero) is 1. The quantitative estimate of drug-likeness (QED) is 0.0762. The molecule has 1 atom stereocenters. The van der Waals surface area contributed by atoms with E-state index in [1.807, 2.05) is 38.1 Å². The molecule has 1 aliphatic heterocycles. The molecule has 1 fully saturated rings. The molecule has 0 spiro atoms. The van der Waals surface area contributed by atoms with E-state index in [0.717, 1.165) is 38.2 Å². The molecule has 0 bridgehead atoms. The van der Waals surface area contributed by atoms with Crippen molar-refractivity contribution in [1.29, 1.82) is 0 Å². The van der Waals surface area contributed by atoms with Gasteiger partial charge >= 0.3 is 0 Å². The molecule has 0 radical (unpaired) electrons. The molecule has 3 aromatic carbocycles.